The monoisotopic (exact) mass is 369 g/mol. The Labute approximate surface area is 150 Å². The Morgan fingerprint density at radius 1 is 1.16 bits per heavy atom. The zero-order chi connectivity index (χ0) is 18.4. The van der Waals surface area contributed by atoms with Crippen molar-refractivity contribution >= 4 is 15.9 Å². The predicted molar refractivity (Wildman–Crippen MR) is 96.9 cm³/mol. The molecular formula is C17H27N3O4S. The number of likely N-dealkylation sites (N-methyl/N-ethyl adjacent to an activating group) is 1. The summed E-state index contributed by atoms with van der Waals surface area (Å²) in [7, 11) is 0.224. The van der Waals surface area contributed by atoms with Crippen molar-refractivity contribution in [3.63, 3.8) is 0 Å². The van der Waals surface area contributed by atoms with Gasteiger partial charge in [0.05, 0.1) is 13.4 Å². The molecular weight excluding hydrogens is 342 g/mol. The molecule has 0 aliphatic carbocycles. The fraction of sp³-hybridized carbons (Fsp3) is 0.588. The van der Waals surface area contributed by atoms with Crippen molar-refractivity contribution in [2.75, 3.05) is 53.1 Å². The van der Waals surface area contributed by atoms with Crippen LogP contribution in [0.15, 0.2) is 24.3 Å². The lowest BCUT2D eigenvalue weighted by Crippen LogP contribution is -2.47. The summed E-state index contributed by atoms with van der Waals surface area (Å²) in [5.41, 5.74) is 0.860. The molecule has 1 aliphatic rings. The van der Waals surface area contributed by atoms with Crippen LogP contribution in [0.1, 0.15) is 12.0 Å². The second kappa shape index (κ2) is 8.64. The van der Waals surface area contributed by atoms with Gasteiger partial charge in [-0.25, -0.2) is 8.42 Å². The van der Waals surface area contributed by atoms with Gasteiger partial charge in [-0.1, -0.05) is 12.1 Å². The van der Waals surface area contributed by atoms with Crippen LogP contribution in [0, 0.1) is 0 Å². The van der Waals surface area contributed by atoms with Crippen LogP contribution in [-0.4, -0.2) is 81.6 Å². The Balaban J connectivity index is 1.94. The second-order valence-corrected chi connectivity index (χ2v) is 8.36. The largest absolute Gasteiger partial charge is 0.497 e. The van der Waals surface area contributed by atoms with Gasteiger partial charge in [-0.15, -0.1) is 0 Å². The second-order valence-electron chi connectivity index (χ2n) is 6.38. The molecule has 2 rings (SSSR count). The van der Waals surface area contributed by atoms with Gasteiger partial charge in [0.1, 0.15) is 5.75 Å². The van der Waals surface area contributed by atoms with Crippen LogP contribution in [0.3, 0.4) is 0 Å². The quantitative estimate of drug-likeness (QED) is 0.705. The molecule has 0 unspecified atom stereocenters. The lowest BCUT2D eigenvalue weighted by Gasteiger charge is -2.33. The topological polar surface area (TPSA) is 70.2 Å². The van der Waals surface area contributed by atoms with Crippen molar-refractivity contribution in [3.8, 4) is 5.75 Å². The van der Waals surface area contributed by atoms with Gasteiger partial charge in [0.15, 0.2) is 0 Å². The maximum absolute atomic E-state index is 12.3. The number of benzene rings is 1. The Morgan fingerprint density at radius 3 is 2.28 bits per heavy atom. The highest BCUT2D eigenvalue weighted by Crippen LogP contribution is 2.15. The average molecular weight is 369 g/mol. The summed E-state index contributed by atoms with van der Waals surface area (Å²) in [5.74, 6) is 0.733. The lowest BCUT2D eigenvalue weighted by molar-refractivity contribution is -0.132. The number of amides is 1. The van der Waals surface area contributed by atoms with E-state index in [1.54, 1.807) is 19.2 Å². The lowest BCUT2D eigenvalue weighted by atomic mass is 10.2. The minimum atomic E-state index is -3.39. The van der Waals surface area contributed by atoms with E-state index in [9.17, 15) is 13.2 Å². The van der Waals surface area contributed by atoms with Crippen molar-refractivity contribution in [1.29, 1.82) is 0 Å². The van der Waals surface area contributed by atoms with E-state index >= 15 is 0 Å². The maximum Gasteiger partial charge on any atom is 0.223 e. The number of carbonyl (C=O) groups is 1. The number of sulfonamides is 1. The van der Waals surface area contributed by atoms with Crippen molar-refractivity contribution in [3.05, 3.63) is 29.8 Å². The zero-order valence-electron chi connectivity index (χ0n) is 15.1. The number of piperazine rings is 1. The molecule has 1 heterocycles. The smallest absolute Gasteiger partial charge is 0.223 e. The molecule has 0 radical (unpaired) electrons. The molecule has 1 amide bonds. The molecule has 0 saturated carbocycles. The molecule has 1 aliphatic heterocycles. The number of methoxy groups -OCH3 is 1. The first-order valence-corrected chi connectivity index (χ1v) is 10.2. The van der Waals surface area contributed by atoms with E-state index in [1.807, 2.05) is 24.1 Å². The Hall–Kier alpha value is -1.64. The average Bonchev–Trinajstić information content (AvgIpc) is 2.58. The Bertz CT molecular complexity index is 668. The highest BCUT2D eigenvalue weighted by atomic mass is 32.2. The molecule has 0 atom stereocenters. The standard InChI is InChI=1S/C17H27N3O4S/c1-18-10-12-19(13-11-18)17(21)8-9-20(25(3,22)23)14-15-4-6-16(24-2)7-5-15/h4-7H,8-14H2,1-3H3. The molecule has 25 heavy (non-hydrogen) atoms. The summed E-state index contributed by atoms with van der Waals surface area (Å²) >= 11 is 0. The highest BCUT2D eigenvalue weighted by Gasteiger charge is 2.22. The summed E-state index contributed by atoms with van der Waals surface area (Å²) in [4.78, 5) is 16.3. The highest BCUT2D eigenvalue weighted by molar-refractivity contribution is 7.88. The third-order valence-electron chi connectivity index (χ3n) is 4.42. The minimum Gasteiger partial charge on any atom is -0.497 e. The number of carbonyl (C=O) groups excluding carboxylic acids is 1. The van der Waals surface area contributed by atoms with E-state index < -0.39 is 10.0 Å². The molecule has 7 nitrogen and oxygen atoms in total. The molecule has 0 bridgehead atoms. The summed E-state index contributed by atoms with van der Waals surface area (Å²) < 4.78 is 30.6. The molecule has 8 heteroatoms. The number of rotatable bonds is 7. The molecule has 0 aromatic heterocycles. The molecule has 0 spiro atoms. The van der Waals surface area contributed by atoms with Crippen molar-refractivity contribution in [1.82, 2.24) is 14.1 Å². The first-order chi connectivity index (χ1) is 11.8. The van der Waals surface area contributed by atoms with E-state index in [-0.39, 0.29) is 25.4 Å². The van der Waals surface area contributed by atoms with Crippen LogP contribution in [0.2, 0.25) is 0 Å². The van der Waals surface area contributed by atoms with Crippen LogP contribution < -0.4 is 4.74 Å². The first-order valence-electron chi connectivity index (χ1n) is 8.34. The molecule has 1 fully saturated rings. The van der Waals surface area contributed by atoms with E-state index in [2.05, 4.69) is 4.90 Å². The van der Waals surface area contributed by atoms with Gasteiger partial charge in [-0.05, 0) is 24.7 Å². The Kier molecular flexibility index (Phi) is 6.80. The van der Waals surface area contributed by atoms with Crippen LogP contribution in [-0.2, 0) is 21.4 Å². The van der Waals surface area contributed by atoms with Crippen LogP contribution >= 0.6 is 0 Å². The number of hydrogen-bond donors (Lipinski definition) is 0. The van der Waals surface area contributed by atoms with Gasteiger partial charge in [0, 0.05) is 45.7 Å². The molecule has 1 aromatic rings. The van der Waals surface area contributed by atoms with Crippen LogP contribution in [0.25, 0.3) is 0 Å². The van der Waals surface area contributed by atoms with Crippen molar-refractivity contribution in [2.45, 2.75) is 13.0 Å². The minimum absolute atomic E-state index is 0.0106. The summed E-state index contributed by atoms with van der Waals surface area (Å²) in [6.45, 7) is 3.55. The third kappa shape index (κ3) is 5.98. The van der Waals surface area contributed by atoms with Gasteiger partial charge in [-0.3, -0.25) is 4.79 Å². The van der Waals surface area contributed by atoms with Gasteiger partial charge < -0.3 is 14.5 Å². The first kappa shape index (κ1) is 19.7. The predicted octanol–water partition coefficient (Wildman–Crippen LogP) is 0.621. The van der Waals surface area contributed by atoms with E-state index in [1.165, 1.54) is 10.6 Å². The van der Waals surface area contributed by atoms with Crippen molar-refractivity contribution < 1.29 is 17.9 Å². The number of hydrogen-bond acceptors (Lipinski definition) is 5. The van der Waals surface area contributed by atoms with Gasteiger partial charge in [0.2, 0.25) is 15.9 Å². The molecule has 1 aromatic carbocycles. The van der Waals surface area contributed by atoms with E-state index in [0.29, 0.717) is 13.1 Å². The SMILES string of the molecule is COc1ccc(CN(CCC(=O)N2CCN(C)CC2)S(C)(=O)=O)cc1. The van der Waals surface area contributed by atoms with E-state index in [4.69, 9.17) is 4.74 Å². The fourth-order valence-electron chi connectivity index (χ4n) is 2.73. The summed E-state index contributed by atoms with van der Waals surface area (Å²) in [6.07, 6.45) is 1.38. The molecule has 140 valence electrons. The van der Waals surface area contributed by atoms with Gasteiger partial charge >= 0.3 is 0 Å². The number of ether oxygens (including phenoxy) is 1. The van der Waals surface area contributed by atoms with Gasteiger partial charge in [0.25, 0.3) is 0 Å². The van der Waals surface area contributed by atoms with Crippen LogP contribution in [0.4, 0.5) is 0 Å². The fourth-order valence-corrected chi connectivity index (χ4v) is 3.54. The zero-order valence-corrected chi connectivity index (χ0v) is 16.0. The third-order valence-corrected chi connectivity index (χ3v) is 5.67. The van der Waals surface area contributed by atoms with Gasteiger partial charge in [-0.2, -0.15) is 4.31 Å². The van der Waals surface area contributed by atoms with Crippen molar-refractivity contribution in [2.24, 2.45) is 0 Å². The van der Waals surface area contributed by atoms with E-state index in [0.717, 1.165) is 24.4 Å². The molecule has 1 saturated heterocycles. The van der Waals surface area contributed by atoms with Crippen LogP contribution in [0.5, 0.6) is 5.75 Å². The number of nitrogens with zero attached hydrogens (tertiary/aromatic N) is 3. The Morgan fingerprint density at radius 2 is 1.76 bits per heavy atom. The normalized spacial score (nSPS) is 16.2. The maximum atomic E-state index is 12.3. The summed E-state index contributed by atoms with van der Waals surface area (Å²) in [5, 5.41) is 0. The summed E-state index contributed by atoms with van der Waals surface area (Å²) in [6, 6.07) is 7.26. The molecule has 0 N–H and O–H groups in total.